The van der Waals surface area contributed by atoms with Crippen LogP contribution in [0.1, 0.15) is 11.1 Å². The predicted octanol–water partition coefficient (Wildman–Crippen LogP) is 4.71. The third kappa shape index (κ3) is 5.23. The monoisotopic (exact) mass is 482 g/mol. The van der Waals surface area contributed by atoms with Gasteiger partial charge >= 0.3 is 5.51 Å². The minimum absolute atomic E-state index is 0.0733. The number of hydrogen-bond donors (Lipinski definition) is 1. The van der Waals surface area contributed by atoms with Crippen LogP contribution < -0.4 is 15.0 Å². The van der Waals surface area contributed by atoms with Crippen molar-refractivity contribution in [2.24, 2.45) is 0 Å². The molecule has 0 atom stereocenters. The van der Waals surface area contributed by atoms with Crippen LogP contribution >= 0.6 is 35.7 Å². The van der Waals surface area contributed by atoms with Crippen LogP contribution in [0.3, 0.4) is 0 Å². The van der Waals surface area contributed by atoms with Gasteiger partial charge in [-0.1, -0.05) is 42.2 Å². The number of benzene rings is 2. The summed E-state index contributed by atoms with van der Waals surface area (Å²) in [6.45, 7) is 0.0352. The molecule has 4 rings (SSSR count). The van der Waals surface area contributed by atoms with Crippen molar-refractivity contribution in [1.82, 2.24) is 5.32 Å². The van der Waals surface area contributed by atoms with E-state index in [9.17, 15) is 22.8 Å². The molecule has 0 aliphatic carbocycles. The van der Waals surface area contributed by atoms with Gasteiger partial charge in [0, 0.05) is 4.90 Å². The number of thioether (sulfide) groups is 2. The molecule has 160 valence electrons. The Morgan fingerprint density at radius 2 is 1.94 bits per heavy atom. The van der Waals surface area contributed by atoms with E-state index in [0.717, 1.165) is 11.8 Å². The maximum absolute atomic E-state index is 12.5. The summed E-state index contributed by atoms with van der Waals surface area (Å²) in [5.41, 5.74) is -2.48. The van der Waals surface area contributed by atoms with Crippen molar-refractivity contribution >= 4 is 63.6 Å². The number of nitrogens with zero attached hydrogens (tertiary/aromatic N) is 1. The van der Waals surface area contributed by atoms with Crippen LogP contribution in [0.2, 0.25) is 0 Å². The smallest absolute Gasteiger partial charge is 0.446 e. The van der Waals surface area contributed by atoms with Crippen LogP contribution in [-0.4, -0.2) is 28.3 Å². The third-order valence-electron chi connectivity index (χ3n) is 4.36. The highest BCUT2D eigenvalue weighted by Crippen LogP contribution is 2.38. The molecule has 0 aromatic heterocycles. The van der Waals surface area contributed by atoms with Gasteiger partial charge in [0.1, 0.15) is 10.1 Å². The normalized spacial score (nSPS) is 17.6. The minimum Gasteiger partial charge on any atom is -0.482 e. The number of fused-ring (bicyclic) bond motifs is 1. The summed E-state index contributed by atoms with van der Waals surface area (Å²) in [6, 6.07) is 11.1. The Kier molecular flexibility index (Phi) is 6.00. The number of ether oxygens (including phenoxy) is 1. The molecule has 11 heteroatoms. The summed E-state index contributed by atoms with van der Waals surface area (Å²) in [4.78, 5) is 26.4. The molecular formula is C20H13F3N2O3S3. The van der Waals surface area contributed by atoms with Gasteiger partial charge in [0.2, 0.25) is 0 Å². The molecule has 1 N–H and O–H groups in total. The second kappa shape index (κ2) is 8.56. The standard InChI is InChI=1S/C20H13F3N2O3S3/c21-20(22,23)31-13-4-1-11(2-5-13)9-25-14-7-12(3-6-15(14)28-10-17(25)26)8-16-18(27)24-19(29)30-16/h1-8H,9-10H2,(H,24,27,29). The molecule has 0 saturated carbocycles. The van der Waals surface area contributed by atoms with Crippen molar-refractivity contribution in [2.75, 3.05) is 11.5 Å². The molecule has 0 bridgehead atoms. The van der Waals surface area contributed by atoms with E-state index in [4.69, 9.17) is 17.0 Å². The van der Waals surface area contributed by atoms with E-state index in [1.807, 2.05) is 0 Å². The van der Waals surface area contributed by atoms with Crippen molar-refractivity contribution in [3.63, 3.8) is 0 Å². The second-order valence-electron chi connectivity index (χ2n) is 6.54. The zero-order chi connectivity index (χ0) is 22.2. The predicted molar refractivity (Wildman–Crippen MR) is 118 cm³/mol. The second-order valence-corrected chi connectivity index (χ2v) is 9.40. The Hall–Kier alpha value is -2.50. The first-order chi connectivity index (χ1) is 14.7. The van der Waals surface area contributed by atoms with Gasteiger partial charge in [0.15, 0.2) is 6.61 Å². The lowest BCUT2D eigenvalue weighted by Gasteiger charge is -2.30. The number of amides is 2. The first kappa shape index (κ1) is 21.7. The molecule has 2 heterocycles. The van der Waals surface area contributed by atoms with Crippen LogP contribution in [-0.2, 0) is 16.1 Å². The fourth-order valence-corrected chi connectivity index (χ4v) is 4.62. The largest absolute Gasteiger partial charge is 0.482 e. The van der Waals surface area contributed by atoms with E-state index in [1.165, 1.54) is 17.0 Å². The topological polar surface area (TPSA) is 58.6 Å². The van der Waals surface area contributed by atoms with E-state index < -0.39 is 5.51 Å². The Balaban J connectivity index is 1.59. The van der Waals surface area contributed by atoms with Crippen molar-refractivity contribution in [3.05, 3.63) is 58.5 Å². The van der Waals surface area contributed by atoms with Gasteiger partial charge in [-0.25, -0.2) is 0 Å². The molecule has 1 saturated heterocycles. The average Bonchev–Trinajstić information content (AvgIpc) is 3.01. The van der Waals surface area contributed by atoms with Crippen LogP contribution in [0, 0.1) is 0 Å². The highest BCUT2D eigenvalue weighted by Gasteiger charge is 2.30. The summed E-state index contributed by atoms with van der Waals surface area (Å²) >= 11 is 5.95. The first-order valence-corrected chi connectivity index (χ1v) is 10.9. The molecule has 2 aliphatic heterocycles. The number of thiocarbonyl (C=S) groups is 1. The van der Waals surface area contributed by atoms with Gasteiger partial charge in [0.25, 0.3) is 11.8 Å². The number of anilines is 1. The Labute approximate surface area is 189 Å². The van der Waals surface area contributed by atoms with Crippen LogP contribution in [0.5, 0.6) is 5.75 Å². The number of hydrogen-bond acceptors (Lipinski definition) is 6. The fourth-order valence-electron chi connectivity index (χ4n) is 3.03. The van der Waals surface area contributed by atoms with Crippen molar-refractivity contribution in [3.8, 4) is 5.75 Å². The first-order valence-electron chi connectivity index (χ1n) is 8.85. The number of nitrogens with one attached hydrogen (secondary N) is 1. The van der Waals surface area contributed by atoms with Crippen LogP contribution in [0.4, 0.5) is 18.9 Å². The van der Waals surface area contributed by atoms with Gasteiger partial charge in [-0.05, 0) is 53.2 Å². The SMILES string of the molecule is O=C1NC(=S)SC1=Cc1ccc2c(c1)N(Cc1ccc(SC(F)(F)F)cc1)C(=O)CO2. The quantitative estimate of drug-likeness (QED) is 0.387. The Morgan fingerprint density at radius 3 is 2.58 bits per heavy atom. The summed E-state index contributed by atoms with van der Waals surface area (Å²) in [5.74, 6) is -0.0565. The van der Waals surface area contributed by atoms with Gasteiger partial charge in [-0.2, -0.15) is 13.2 Å². The molecular weight excluding hydrogens is 469 g/mol. The summed E-state index contributed by atoms with van der Waals surface area (Å²) in [7, 11) is 0. The van der Waals surface area contributed by atoms with E-state index >= 15 is 0 Å². The molecule has 0 spiro atoms. The summed E-state index contributed by atoms with van der Waals surface area (Å²) in [6.07, 6.45) is 1.67. The Morgan fingerprint density at radius 1 is 1.19 bits per heavy atom. The maximum Gasteiger partial charge on any atom is 0.446 e. The number of carbonyl (C=O) groups excluding carboxylic acids is 2. The lowest BCUT2D eigenvalue weighted by Crippen LogP contribution is -2.38. The van der Waals surface area contributed by atoms with Crippen molar-refractivity contribution in [1.29, 1.82) is 0 Å². The maximum atomic E-state index is 12.5. The fraction of sp³-hybridized carbons (Fsp3) is 0.150. The average molecular weight is 483 g/mol. The zero-order valence-electron chi connectivity index (χ0n) is 15.6. The van der Waals surface area contributed by atoms with E-state index in [1.54, 1.807) is 36.4 Å². The van der Waals surface area contributed by atoms with Gasteiger partial charge in [-0.15, -0.1) is 0 Å². The molecule has 2 aromatic rings. The van der Waals surface area contributed by atoms with Crippen LogP contribution in [0.25, 0.3) is 6.08 Å². The Bertz CT molecular complexity index is 1100. The van der Waals surface area contributed by atoms with Crippen LogP contribution in [0.15, 0.2) is 52.3 Å². The molecule has 0 radical (unpaired) electrons. The highest BCUT2D eigenvalue weighted by molar-refractivity contribution is 8.26. The van der Waals surface area contributed by atoms with E-state index in [-0.39, 0.29) is 41.6 Å². The van der Waals surface area contributed by atoms with Gasteiger partial charge < -0.3 is 15.0 Å². The van der Waals surface area contributed by atoms with Crippen molar-refractivity contribution < 1.29 is 27.5 Å². The molecule has 5 nitrogen and oxygen atoms in total. The number of halogens is 3. The van der Waals surface area contributed by atoms with Crippen molar-refractivity contribution in [2.45, 2.75) is 16.9 Å². The summed E-state index contributed by atoms with van der Waals surface area (Å²) in [5, 5.41) is 2.54. The molecule has 1 fully saturated rings. The zero-order valence-corrected chi connectivity index (χ0v) is 18.0. The minimum atomic E-state index is -4.36. The highest BCUT2D eigenvalue weighted by atomic mass is 32.2. The number of carbonyl (C=O) groups is 2. The molecule has 31 heavy (non-hydrogen) atoms. The summed E-state index contributed by atoms with van der Waals surface area (Å²) < 4.78 is 43.4. The number of rotatable bonds is 4. The lowest BCUT2D eigenvalue weighted by atomic mass is 10.1. The lowest BCUT2D eigenvalue weighted by molar-refractivity contribution is -0.121. The van der Waals surface area contributed by atoms with E-state index in [2.05, 4.69) is 5.32 Å². The number of alkyl halides is 3. The van der Waals surface area contributed by atoms with Gasteiger partial charge in [-0.3, -0.25) is 9.59 Å². The van der Waals surface area contributed by atoms with E-state index in [0.29, 0.717) is 31.8 Å². The molecule has 0 unspecified atom stereocenters. The third-order valence-corrected chi connectivity index (χ3v) is 6.27. The molecule has 2 aromatic carbocycles. The van der Waals surface area contributed by atoms with Gasteiger partial charge in [0.05, 0.1) is 17.1 Å². The molecule has 2 amide bonds. The molecule has 2 aliphatic rings.